The topological polar surface area (TPSA) is 38.3 Å². The van der Waals surface area contributed by atoms with Gasteiger partial charge in [0.25, 0.3) is 0 Å². The van der Waals surface area contributed by atoms with Crippen LogP contribution >= 0.6 is 23.2 Å². The second-order valence-corrected chi connectivity index (χ2v) is 8.78. The highest BCUT2D eigenvalue weighted by atomic mass is 35.5. The van der Waals surface area contributed by atoms with Crippen molar-refractivity contribution in [3.8, 4) is 0 Å². The van der Waals surface area contributed by atoms with Crippen molar-refractivity contribution in [3.05, 3.63) is 94.0 Å². The van der Waals surface area contributed by atoms with Gasteiger partial charge in [0.15, 0.2) is 0 Å². The van der Waals surface area contributed by atoms with E-state index in [9.17, 15) is 4.79 Å². The van der Waals surface area contributed by atoms with Crippen LogP contribution in [0.25, 0.3) is 0 Å². The maximum atomic E-state index is 13.0. The normalized spacial score (nSPS) is 29.3. The Morgan fingerprint density at radius 2 is 1.83 bits per heavy atom. The smallest absolute Gasteiger partial charge is 0.249 e. The molecular formula is C24H23Cl2NO2. The summed E-state index contributed by atoms with van der Waals surface area (Å²) >= 11 is 12.2. The third kappa shape index (κ3) is 4.42. The number of carbonyl (C=O) groups excluding carboxylic acids is 1. The second kappa shape index (κ2) is 8.35. The predicted octanol–water partition coefficient (Wildman–Crippen LogP) is 5.60. The molecule has 1 fully saturated rings. The second-order valence-electron chi connectivity index (χ2n) is 7.91. The van der Waals surface area contributed by atoms with Crippen LogP contribution in [0.4, 0.5) is 0 Å². The molecule has 4 atom stereocenters. The molecule has 0 bridgehead atoms. The van der Waals surface area contributed by atoms with E-state index in [1.54, 1.807) is 0 Å². The molecule has 5 heteroatoms. The molecule has 0 aromatic heterocycles. The minimum atomic E-state index is -0.551. The first-order valence-corrected chi connectivity index (χ1v) is 10.5. The molecule has 29 heavy (non-hydrogen) atoms. The van der Waals surface area contributed by atoms with Crippen molar-refractivity contribution in [1.82, 2.24) is 5.32 Å². The van der Waals surface area contributed by atoms with Gasteiger partial charge in [-0.15, -0.1) is 0 Å². The van der Waals surface area contributed by atoms with Gasteiger partial charge in [-0.1, -0.05) is 84.7 Å². The number of amides is 1. The predicted molar refractivity (Wildman–Crippen MR) is 117 cm³/mol. The molecule has 3 nitrogen and oxygen atoms in total. The molecule has 2 aliphatic rings. The molecule has 1 aliphatic heterocycles. The number of rotatable bonds is 4. The third-order valence-electron chi connectivity index (χ3n) is 5.74. The SMILES string of the molecule is CC1([C@H]2NC(=O)[C@H](Cc3ccccc3)O[C@H]2c2ccc(Cl)cc2)C=CC(Cl)=CC1. The summed E-state index contributed by atoms with van der Waals surface area (Å²) in [4.78, 5) is 13.0. The molecule has 1 aliphatic carbocycles. The summed E-state index contributed by atoms with van der Waals surface area (Å²) in [5, 5.41) is 4.64. The van der Waals surface area contributed by atoms with E-state index in [2.05, 4.69) is 18.3 Å². The van der Waals surface area contributed by atoms with E-state index in [1.807, 2.05) is 66.7 Å². The van der Waals surface area contributed by atoms with Gasteiger partial charge in [-0.25, -0.2) is 0 Å². The monoisotopic (exact) mass is 427 g/mol. The lowest BCUT2D eigenvalue weighted by molar-refractivity contribution is -0.154. The summed E-state index contributed by atoms with van der Waals surface area (Å²) in [6.45, 7) is 2.12. The molecule has 1 unspecified atom stereocenters. The first kappa shape index (κ1) is 20.2. The van der Waals surface area contributed by atoms with E-state index < -0.39 is 6.10 Å². The number of benzene rings is 2. The van der Waals surface area contributed by atoms with Gasteiger partial charge in [-0.3, -0.25) is 4.79 Å². The van der Waals surface area contributed by atoms with Crippen molar-refractivity contribution in [1.29, 1.82) is 0 Å². The van der Waals surface area contributed by atoms with Gasteiger partial charge >= 0.3 is 0 Å². The Labute approximate surface area is 181 Å². The summed E-state index contributed by atoms with van der Waals surface area (Å²) in [5.74, 6) is -0.0839. The number of ether oxygens (including phenoxy) is 1. The van der Waals surface area contributed by atoms with Crippen LogP contribution in [0.2, 0.25) is 5.02 Å². The molecule has 4 rings (SSSR count). The average molecular weight is 428 g/mol. The molecule has 0 radical (unpaired) electrons. The first-order valence-electron chi connectivity index (χ1n) is 9.75. The Hall–Kier alpha value is -2.07. The van der Waals surface area contributed by atoms with Gasteiger partial charge in [0, 0.05) is 21.9 Å². The van der Waals surface area contributed by atoms with Crippen LogP contribution in [0.1, 0.15) is 30.6 Å². The van der Waals surface area contributed by atoms with Gasteiger partial charge < -0.3 is 10.1 Å². The van der Waals surface area contributed by atoms with Crippen LogP contribution < -0.4 is 5.32 Å². The van der Waals surface area contributed by atoms with Crippen molar-refractivity contribution in [3.63, 3.8) is 0 Å². The number of hydrogen-bond donors (Lipinski definition) is 1. The highest BCUT2D eigenvalue weighted by Crippen LogP contribution is 2.43. The fourth-order valence-electron chi connectivity index (χ4n) is 4.00. The van der Waals surface area contributed by atoms with Crippen LogP contribution in [-0.2, 0) is 16.0 Å². The van der Waals surface area contributed by atoms with E-state index in [0.29, 0.717) is 11.4 Å². The van der Waals surface area contributed by atoms with E-state index in [-0.39, 0.29) is 23.5 Å². The highest BCUT2D eigenvalue weighted by molar-refractivity contribution is 6.31. The van der Waals surface area contributed by atoms with Gasteiger partial charge in [0.1, 0.15) is 12.2 Å². The van der Waals surface area contributed by atoms with Crippen LogP contribution in [0, 0.1) is 5.41 Å². The summed E-state index contributed by atoms with van der Waals surface area (Å²) < 4.78 is 6.44. The number of halogens is 2. The summed E-state index contributed by atoms with van der Waals surface area (Å²) in [6.07, 6.45) is 6.37. The molecule has 1 N–H and O–H groups in total. The number of nitrogens with one attached hydrogen (secondary N) is 1. The number of morpholine rings is 1. The molecule has 1 amide bonds. The van der Waals surface area contributed by atoms with E-state index >= 15 is 0 Å². The molecule has 2 aromatic rings. The zero-order valence-corrected chi connectivity index (χ0v) is 17.7. The van der Waals surface area contributed by atoms with Crippen molar-refractivity contribution >= 4 is 29.1 Å². The van der Waals surface area contributed by atoms with Gasteiger partial charge in [0.05, 0.1) is 6.04 Å². The average Bonchev–Trinajstić information content (AvgIpc) is 2.73. The standard InChI is InChI=1S/C24H23Cl2NO2/c1-24(13-11-19(26)12-14-24)22-21(17-7-9-18(25)10-8-17)29-20(23(28)27-22)15-16-5-3-2-4-6-16/h2-13,20-22H,14-15H2,1H3,(H,27,28)/t20-,21-,22-,24?/m0/s1. The van der Waals surface area contributed by atoms with Crippen molar-refractivity contribution in [2.45, 2.75) is 38.0 Å². The zero-order chi connectivity index (χ0) is 20.4. The summed E-state index contributed by atoms with van der Waals surface area (Å²) in [6, 6.07) is 17.4. The highest BCUT2D eigenvalue weighted by Gasteiger charge is 2.46. The minimum Gasteiger partial charge on any atom is -0.358 e. The number of hydrogen-bond acceptors (Lipinski definition) is 2. The molecule has 0 saturated carbocycles. The van der Waals surface area contributed by atoms with Crippen LogP contribution in [0.15, 0.2) is 77.9 Å². The lowest BCUT2D eigenvalue weighted by Crippen LogP contribution is -2.58. The Bertz CT molecular complexity index is 939. The molecular weight excluding hydrogens is 405 g/mol. The van der Waals surface area contributed by atoms with Crippen molar-refractivity contribution < 1.29 is 9.53 Å². The fourth-order valence-corrected chi connectivity index (χ4v) is 4.26. The Morgan fingerprint density at radius 1 is 1.10 bits per heavy atom. The van der Waals surface area contributed by atoms with E-state index in [4.69, 9.17) is 27.9 Å². The Kier molecular flexibility index (Phi) is 5.82. The molecule has 150 valence electrons. The maximum absolute atomic E-state index is 13.0. The lowest BCUT2D eigenvalue weighted by Gasteiger charge is -2.46. The number of allylic oxidation sites excluding steroid dienone is 3. The minimum absolute atomic E-state index is 0.0839. The van der Waals surface area contributed by atoms with E-state index in [0.717, 1.165) is 22.6 Å². The van der Waals surface area contributed by atoms with Crippen molar-refractivity contribution in [2.75, 3.05) is 0 Å². The van der Waals surface area contributed by atoms with Crippen LogP contribution in [-0.4, -0.2) is 18.1 Å². The molecule has 1 heterocycles. The summed E-state index contributed by atoms with van der Waals surface area (Å²) in [7, 11) is 0. The zero-order valence-electron chi connectivity index (χ0n) is 16.1. The molecule has 1 saturated heterocycles. The maximum Gasteiger partial charge on any atom is 0.249 e. The van der Waals surface area contributed by atoms with Gasteiger partial charge in [-0.05, 0) is 35.8 Å². The molecule has 0 spiro atoms. The first-order chi connectivity index (χ1) is 13.9. The lowest BCUT2D eigenvalue weighted by atomic mass is 9.72. The van der Waals surface area contributed by atoms with Crippen molar-refractivity contribution in [2.24, 2.45) is 5.41 Å². The Morgan fingerprint density at radius 3 is 2.48 bits per heavy atom. The van der Waals surface area contributed by atoms with Gasteiger partial charge in [0.2, 0.25) is 5.91 Å². The third-order valence-corrected chi connectivity index (χ3v) is 6.27. The quantitative estimate of drug-likeness (QED) is 0.689. The molecule has 2 aromatic carbocycles. The fraction of sp³-hybridized carbons (Fsp3) is 0.292. The van der Waals surface area contributed by atoms with E-state index in [1.165, 1.54) is 0 Å². The summed E-state index contributed by atoms with van der Waals surface area (Å²) in [5.41, 5.74) is 1.75. The largest absolute Gasteiger partial charge is 0.358 e. The Balaban J connectivity index is 1.65. The van der Waals surface area contributed by atoms with Crippen LogP contribution in [0.3, 0.4) is 0 Å². The number of carbonyl (C=O) groups is 1. The van der Waals surface area contributed by atoms with Gasteiger partial charge in [-0.2, -0.15) is 0 Å². The van der Waals surface area contributed by atoms with Crippen LogP contribution in [0.5, 0.6) is 0 Å².